The van der Waals surface area contributed by atoms with Crippen molar-refractivity contribution in [2.45, 2.75) is 32.0 Å². The first-order valence-corrected chi connectivity index (χ1v) is 9.62. The third-order valence-corrected chi connectivity index (χ3v) is 5.99. The topological polar surface area (TPSA) is 108 Å². The maximum Gasteiger partial charge on any atom is 0.327 e. The van der Waals surface area contributed by atoms with Crippen molar-refractivity contribution < 1.29 is 9.53 Å². The number of aromatic nitrogens is 3. The lowest BCUT2D eigenvalue weighted by atomic mass is 9.84. The van der Waals surface area contributed by atoms with E-state index in [-0.39, 0.29) is 28.2 Å². The number of hydrogen-bond donors (Lipinski definition) is 2. The fourth-order valence-corrected chi connectivity index (χ4v) is 4.49. The molecule has 0 aliphatic carbocycles. The van der Waals surface area contributed by atoms with Crippen LogP contribution in [-0.4, -0.2) is 38.8 Å². The number of piperidine rings is 1. The Hall–Kier alpha value is -3.26. The van der Waals surface area contributed by atoms with E-state index in [0.717, 1.165) is 12.8 Å². The van der Waals surface area contributed by atoms with Crippen LogP contribution in [0, 0.1) is 6.92 Å². The number of fused-ring (bicyclic) bond motifs is 3. The van der Waals surface area contributed by atoms with E-state index < -0.39 is 11.2 Å². The molecule has 8 nitrogen and oxygen atoms in total. The normalized spacial score (nSPS) is 17.6. The van der Waals surface area contributed by atoms with Crippen LogP contribution in [0.3, 0.4) is 0 Å². The number of carbonyl (C=O) groups excluding carboxylic acids is 1. The molecule has 3 aromatic rings. The third kappa shape index (κ3) is 2.79. The van der Waals surface area contributed by atoms with E-state index in [1.165, 1.54) is 11.1 Å². The number of nitrogens with one attached hydrogen (secondary N) is 2. The second kappa shape index (κ2) is 6.38. The van der Waals surface area contributed by atoms with Crippen LogP contribution in [0.25, 0.3) is 11.0 Å². The molecule has 4 heterocycles. The van der Waals surface area contributed by atoms with Crippen molar-refractivity contribution in [3.8, 4) is 0 Å². The van der Waals surface area contributed by atoms with Crippen LogP contribution in [-0.2, 0) is 16.9 Å². The number of pyridine rings is 1. The van der Waals surface area contributed by atoms with Crippen molar-refractivity contribution >= 4 is 16.9 Å². The molecule has 0 saturated carbocycles. The molecule has 2 aliphatic heterocycles. The van der Waals surface area contributed by atoms with Crippen LogP contribution in [0.2, 0.25) is 0 Å². The van der Waals surface area contributed by atoms with Gasteiger partial charge in [0.15, 0.2) is 0 Å². The Bertz CT molecular complexity index is 1250. The van der Waals surface area contributed by atoms with E-state index in [4.69, 9.17) is 4.74 Å². The van der Waals surface area contributed by atoms with Gasteiger partial charge >= 0.3 is 5.69 Å². The van der Waals surface area contributed by atoms with Gasteiger partial charge in [0.05, 0.1) is 17.6 Å². The second-order valence-corrected chi connectivity index (χ2v) is 7.69. The van der Waals surface area contributed by atoms with Gasteiger partial charge in [-0.25, -0.2) is 9.78 Å². The van der Waals surface area contributed by atoms with E-state index >= 15 is 0 Å². The second-order valence-electron chi connectivity index (χ2n) is 7.69. The van der Waals surface area contributed by atoms with Gasteiger partial charge in [-0.15, -0.1) is 0 Å². The maximum atomic E-state index is 13.1. The highest BCUT2D eigenvalue weighted by Gasteiger charge is 2.43. The largest absolute Gasteiger partial charge is 0.365 e. The zero-order valence-corrected chi connectivity index (χ0v) is 15.9. The number of aryl methyl sites for hydroxylation is 1. The molecule has 0 unspecified atom stereocenters. The summed E-state index contributed by atoms with van der Waals surface area (Å²) < 4.78 is 6.16. The highest BCUT2D eigenvalue weighted by atomic mass is 16.5. The van der Waals surface area contributed by atoms with Gasteiger partial charge in [-0.3, -0.25) is 19.6 Å². The molecule has 2 N–H and O–H groups in total. The zero-order valence-electron chi connectivity index (χ0n) is 15.9. The summed E-state index contributed by atoms with van der Waals surface area (Å²) in [5, 5.41) is 0.287. The monoisotopic (exact) mass is 392 g/mol. The molecule has 1 saturated heterocycles. The molecule has 1 amide bonds. The Labute approximate surface area is 165 Å². The van der Waals surface area contributed by atoms with E-state index in [1.54, 1.807) is 17.9 Å². The molecular formula is C21H20N4O4. The molecule has 0 radical (unpaired) electrons. The van der Waals surface area contributed by atoms with Crippen LogP contribution in [0.5, 0.6) is 0 Å². The van der Waals surface area contributed by atoms with Crippen molar-refractivity contribution in [3.05, 3.63) is 73.6 Å². The van der Waals surface area contributed by atoms with Crippen molar-refractivity contribution in [3.63, 3.8) is 0 Å². The highest BCUT2D eigenvalue weighted by Crippen LogP contribution is 2.44. The smallest absolute Gasteiger partial charge is 0.327 e. The van der Waals surface area contributed by atoms with Gasteiger partial charge in [-0.2, -0.15) is 0 Å². The van der Waals surface area contributed by atoms with Gasteiger partial charge < -0.3 is 9.64 Å². The summed E-state index contributed by atoms with van der Waals surface area (Å²) in [6.07, 6.45) is 1.44. The van der Waals surface area contributed by atoms with Crippen molar-refractivity contribution in [2.75, 3.05) is 13.1 Å². The minimum Gasteiger partial charge on any atom is -0.365 e. The lowest BCUT2D eigenvalue weighted by Gasteiger charge is -2.39. The number of amides is 1. The summed E-state index contributed by atoms with van der Waals surface area (Å²) in [6.45, 7) is 3.44. The van der Waals surface area contributed by atoms with Gasteiger partial charge in [-0.05, 0) is 42.5 Å². The molecular weight excluding hydrogens is 372 g/mol. The molecule has 29 heavy (non-hydrogen) atoms. The van der Waals surface area contributed by atoms with Crippen LogP contribution in [0.4, 0.5) is 0 Å². The lowest BCUT2D eigenvalue weighted by Crippen LogP contribution is -2.45. The van der Waals surface area contributed by atoms with Gasteiger partial charge in [0.1, 0.15) is 11.3 Å². The molecule has 148 valence electrons. The number of ether oxygens (including phenoxy) is 1. The molecule has 1 spiro atoms. The fraction of sp³-hybridized carbons (Fsp3) is 0.333. The van der Waals surface area contributed by atoms with Crippen LogP contribution in [0.15, 0.2) is 39.9 Å². The average Bonchev–Trinajstić information content (AvgIpc) is 3.05. The maximum absolute atomic E-state index is 13.1. The Kier molecular flexibility index (Phi) is 3.92. The van der Waals surface area contributed by atoms with Crippen molar-refractivity contribution in [1.29, 1.82) is 0 Å². The number of benzene rings is 1. The quantitative estimate of drug-likeness (QED) is 0.654. The average molecular weight is 392 g/mol. The predicted molar refractivity (Wildman–Crippen MR) is 106 cm³/mol. The van der Waals surface area contributed by atoms with E-state index in [0.29, 0.717) is 25.3 Å². The summed E-state index contributed by atoms with van der Waals surface area (Å²) in [5.41, 5.74) is 1.91. The third-order valence-electron chi connectivity index (χ3n) is 5.99. The Morgan fingerprint density at radius 3 is 2.72 bits per heavy atom. The van der Waals surface area contributed by atoms with E-state index in [9.17, 15) is 14.4 Å². The SMILES string of the molecule is Cc1cc(C(=O)N2CCC3(CC2)OCc2ccccc23)nc2[nH]c(=O)[nH]c(=O)c12. The van der Waals surface area contributed by atoms with Crippen LogP contribution >= 0.6 is 0 Å². The first-order chi connectivity index (χ1) is 14.0. The van der Waals surface area contributed by atoms with Gasteiger partial charge in [0, 0.05) is 13.1 Å². The summed E-state index contributed by atoms with van der Waals surface area (Å²) >= 11 is 0. The number of carbonyl (C=O) groups is 1. The summed E-state index contributed by atoms with van der Waals surface area (Å²) in [6, 6.07) is 9.85. The predicted octanol–water partition coefficient (Wildman–Crippen LogP) is 1.58. The zero-order chi connectivity index (χ0) is 20.2. The number of rotatable bonds is 1. The van der Waals surface area contributed by atoms with Crippen molar-refractivity contribution in [2.24, 2.45) is 0 Å². The number of nitrogens with zero attached hydrogens (tertiary/aromatic N) is 2. The van der Waals surface area contributed by atoms with Gasteiger partial charge in [0.25, 0.3) is 11.5 Å². The minimum absolute atomic E-state index is 0.128. The van der Waals surface area contributed by atoms with Crippen molar-refractivity contribution in [1.82, 2.24) is 19.9 Å². The minimum atomic E-state index is -0.643. The van der Waals surface area contributed by atoms with E-state index in [1.807, 2.05) is 12.1 Å². The number of aromatic amines is 2. The number of hydrogen-bond acceptors (Lipinski definition) is 5. The summed E-state index contributed by atoms with van der Waals surface area (Å²) in [7, 11) is 0. The standard InChI is InChI=1S/C21H20N4O4/c1-12-10-15(22-17-16(12)18(26)24-20(28)23-17)19(27)25-8-6-21(7-9-25)14-5-3-2-4-13(14)11-29-21/h2-5,10H,6-9,11H2,1H3,(H2,22,23,24,26,28). The summed E-state index contributed by atoms with van der Waals surface area (Å²) in [4.78, 5) is 47.4. The van der Waals surface area contributed by atoms with Crippen LogP contribution < -0.4 is 11.2 Å². The molecule has 1 aromatic carbocycles. The van der Waals surface area contributed by atoms with Crippen LogP contribution in [0.1, 0.15) is 40.0 Å². The first kappa shape index (κ1) is 17.8. The molecule has 0 atom stereocenters. The summed E-state index contributed by atoms with van der Waals surface area (Å²) in [5.74, 6) is -0.211. The fourth-order valence-electron chi connectivity index (χ4n) is 4.49. The van der Waals surface area contributed by atoms with E-state index in [2.05, 4.69) is 27.1 Å². The molecule has 8 heteroatoms. The Balaban J connectivity index is 1.42. The molecule has 2 aliphatic rings. The first-order valence-electron chi connectivity index (χ1n) is 9.62. The Morgan fingerprint density at radius 2 is 1.93 bits per heavy atom. The number of likely N-dealkylation sites (tertiary alicyclic amines) is 1. The lowest BCUT2D eigenvalue weighted by molar-refractivity contribution is -0.0742. The molecule has 0 bridgehead atoms. The molecule has 5 rings (SSSR count). The highest BCUT2D eigenvalue weighted by molar-refractivity contribution is 5.95. The Morgan fingerprint density at radius 1 is 1.17 bits per heavy atom. The van der Waals surface area contributed by atoms with Gasteiger partial charge in [-0.1, -0.05) is 24.3 Å². The molecule has 2 aromatic heterocycles. The number of H-pyrrole nitrogens is 2. The van der Waals surface area contributed by atoms with Gasteiger partial charge in [0.2, 0.25) is 0 Å². The molecule has 1 fully saturated rings.